The van der Waals surface area contributed by atoms with Crippen LogP contribution in [0, 0.1) is 6.92 Å². The van der Waals surface area contributed by atoms with Crippen LogP contribution in [0.4, 0.5) is 0 Å². The molecule has 1 amide bonds. The maximum atomic E-state index is 12.8. The monoisotopic (exact) mass is 489 g/mol. The zero-order valence-electron chi connectivity index (χ0n) is 19.9. The second kappa shape index (κ2) is 9.53. The van der Waals surface area contributed by atoms with Gasteiger partial charge in [0.2, 0.25) is 5.91 Å². The predicted molar refractivity (Wildman–Crippen MR) is 133 cm³/mol. The SMILES string of the molecule is Cc1c(CCC(=O)NC(Cc2ccc(O)cc2)C(=O)O)c(=O)oc2cc3oc4c(c3cc12)CCCC4. The maximum Gasteiger partial charge on any atom is 0.339 e. The molecule has 0 bridgehead atoms. The van der Waals surface area contributed by atoms with Crippen molar-refractivity contribution in [2.75, 3.05) is 0 Å². The van der Waals surface area contributed by atoms with E-state index in [0.717, 1.165) is 53.4 Å². The number of aliphatic carboxylic acids is 1. The third-order valence-electron chi connectivity index (χ3n) is 6.97. The Morgan fingerprint density at radius 1 is 1.03 bits per heavy atom. The van der Waals surface area contributed by atoms with Gasteiger partial charge in [-0.25, -0.2) is 9.59 Å². The van der Waals surface area contributed by atoms with E-state index in [1.165, 1.54) is 17.7 Å². The van der Waals surface area contributed by atoms with Crippen molar-refractivity contribution in [3.63, 3.8) is 0 Å². The van der Waals surface area contributed by atoms with Crippen molar-refractivity contribution in [1.82, 2.24) is 5.32 Å². The van der Waals surface area contributed by atoms with Crippen molar-refractivity contribution in [2.45, 2.75) is 57.9 Å². The number of fused-ring (bicyclic) bond motifs is 4. The van der Waals surface area contributed by atoms with Crippen LogP contribution in [0.1, 0.15) is 47.3 Å². The lowest BCUT2D eigenvalue weighted by molar-refractivity contribution is -0.141. The Morgan fingerprint density at radius 2 is 1.75 bits per heavy atom. The summed E-state index contributed by atoms with van der Waals surface area (Å²) in [6.07, 6.45) is 4.24. The zero-order chi connectivity index (χ0) is 25.4. The van der Waals surface area contributed by atoms with Crippen molar-refractivity contribution in [2.24, 2.45) is 0 Å². The number of carboxylic acid groups (broad SMARTS) is 1. The van der Waals surface area contributed by atoms with E-state index >= 15 is 0 Å². The molecule has 186 valence electrons. The minimum absolute atomic E-state index is 0.0557. The summed E-state index contributed by atoms with van der Waals surface area (Å²) in [6, 6.07) is 8.80. The van der Waals surface area contributed by atoms with Crippen molar-refractivity contribution >= 4 is 33.8 Å². The van der Waals surface area contributed by atoms with Gasteiger partial charge in [-0.2, -0.15) is 0 Å². The highest BCUT2D eigenvalue weighted by molar-refractivity contribution is 5.97. The Morgan fingerprint density at radius 3 is 2.50 bits per heavy atom. The molecular weight excluding hydrogens is 462 g/mol. The normalized spacial score (nSPS) is 14.0. The summed E-state index contributed by atoms with van der Waals surface area (Å²) >= 11 is 0. The summed E-state index contributed by atoms with van der Waals surface area (Å²) < 4.78 is 11.6. The van der Waals surface area contributed by atoms with Crippen LogP contribution < -0.4 is 10.9 Å². The van der Waals surface area contributed by atoms with E-state index in [4.69, 9.17) is 8.83 Å². The fourth-order valence-electron chi connectivity index (χ4n) is 5.01. The Balaban J connectivity index is 1.35. The van der Waals surface area contributed by atoms with Gasteiger partial charge < -0.3 is 24.4 Å². The summed E-state index contributed by atoms with van der Waals surface area (Å²) in [5, 5.41) is 23.3. The molecule has 3 N–H and O–H groups in total. The number of phenols is 1. The number of benzene rings is 2. The second-order valence-electron chi connectivity index (χ2n) is 9.38. The molecule has 0 saturated heterocycles. The molecule has 0 spiro atoms. The number of nitrogens with one attached hydrogen (secondary N) is 1. The number of carbonyl (C=O) groups excluding carboxylic acids is 1. The van der Waals surface area contributed by atoms with Crippen LogP contribution in [-0.4, -0.2) is 28.1 Å². The molecule has 8 heteroatoms. The Bertz CT molecular complexity index is 1530. The van der Waals surface area contributed by atoms with Gasteiger partial charge in [-0.05, 0) is 61.9 Å². The van der Waals surface area contributed by atoms with E-state index in [9.17, 15) is 24.6 Å². The van der Waals surface area contributed by atoms with Crippen LogP contribution in [0.5, 0.6) is 5.75 Å². The lowest BCUT2D eigenvalue weighted by Gasteiger charge is -2.15. The lowest BCUT2D eigenvalue weighted by atomic mass is 9.94. The maximum absolute atomic E-state index is 12.8. The molecule has 1 atom stereocenters. The van der Waals surface area contributed by atoms with Crippen LogP contribution >= 0.6 is 0 Å². The predicted octanol–water partition coefficient (Wildman–Crippen LogP) is 4.18. The number of hydrogen-bond donors (Lipinski definition) is 3. The molecule has 2 aromatic heterocycles. The van der Waals surface area contributed by atoms with Crippen LogP contribution in [0.3, 0.4) is 0 Å². The van der Waals surface area contributed by atoms with Crippen LogP contribution in [-0.2, 0) is 35.3 Å². The number of carbonyl (C=O) groups is 2. The van der Waals surface area contributed by atoms with E-state index < -0.39 is 23.5 Å². The van der Waals surface area contributed by atoms with Gasteiger partial charge in [-0.3, -0.25) is 4.79 Å². The van der Waals surface area contributed by atoms with Crippen LogP contribution in [0.15, 0.2) is 50.0 Å². The van der Waals surface area contributed by atoms with E-state index in [2.05, 4.69) is 5.32 Å². The van der Waals surface area contributed by atoms with Crippen molar-refractivity contribution in [3.05, 3.63) is 74.8 Å². The molecule has 0 saturated carbocycles. The summed E-state index contributed by atoms with van der Waals surface area (Å²) in [5.74, 6) is -0.555. The molecule has 2 heterocycles. The first-order valence-corrected chi connectivity index (χ1v) is 12.1. The molecule has 0 aliphatic heterocycles. The highest BCUT2D eigenvalue weighted by Crippen LogP contribution is 2.35. The van der Waals surface area contributed by atoms with E-state index in [0.29, 0.717) is 16.7 Å². The van der Waals surface area contributed by atoms with Gasteiger partial charge in [-0.15, -0.1) is 0 Å². The first-order chi connectivity index (χ1) is 17.3. The van der Waals surface area contributed by atoms with Gasteiger partial charge in [0.05, 0.1) is 0 Å². The van der Waals surface area contributed by atoms with Crippen LogP contribution in [0.25, 0.3) is 21.9 Å². The Hall–Kier alpha value is -4.07. The number of rotatable bonds is 7. The highest BCUT2D eigenvalue weighted by Gasteiger charge is 2.23. The molecule has 1 unspecified atom stereocenters. The third kappa shape index (κ3) is 4.58. The average molecular weight is 490 g/mol. The van der Waals surface area contributed by atoms with E-state index in [1.54, 1.807) is 18.2 Å². The van der Waals surface area contributed by atoms with Crippen molar-refractivity contribution in [1.29, 1.82) is 0 Å². The standard InChI is InChI=1S/C28H27NO7/c1-15-18(10-11-26(31)29-22(27(32)33)12-16-6-8-17(30)9-7-16)28(34)36-24-14-25-21(13-20(15)24)19-4-2-3-5-23(19)35-25/h6-9,13-14,22,30H,2-5,10-12H2,1H3,(H,29,31)(H,32,33). The summed E-state index contributed by atoms with van der Waals surface area (Å²) in [4.78, 5) is 37.0. The lowest BCUT2D eigenvalue weighted by Crippen LogP contribution is -2.42. The second-order valence-corrected chi connectivity index (χ2v) is 9.38. The number of furan rings is 1. The molecule has 8 nitrogen and oxygen atoms in total. The molecule has 1 aliphatic rings. The molecule has 4 aromatic rings. The number of amides is 1. The molecule has 0 fully saturated rings. The number of aryl methyl sites for hydroxylation is 3. The summed E-state index contributed by atoms with van der Waals surface area (Å²) in [5.41, 5.74) is 3.70. The fraction of sp³-hybridized carbons (Fsp3) is 0.321. The molecule has 5 rings (SSSR count). The summed E-state index contributed by atoms with van der Waals surface area (Å²) in [6.45, 7) is 1.84. The van der Waals surface area contributed by atoms with Crippen molar-refractivity contribution in [3.8, 4) is 5.75 Å². The van der Waals surface area contributed by atoms with E-state index in [1.807, 2.05) is 13.0 Å². The number of aromatic hydroxyl groups is 1. The minimum Gasteiger partial charge on any atom is -0.508 e. The zero-order valence-corrected chi connectivity index (χ0v) is 19.9. The van der Waals surface area contributed by atoms with Crippen molar-refractivity contribution < 1.29 is 28.6 Å². The number of hydrogen-bond acceptors (Lipinski definition) is 6. The Kier molecular flexibility index (Phi) is 6.26. The highest BCUT2D eigenvalue weighted by atomic mass is 16.4. The van der Waals surface area contributed by atoms with Gasteiger partial charge >= 0.3 is 11.6 Å². The molecular formula is C28H27NO7. The van der Waals surface area contributed by atoms with Gasteiger partial charge in [0.15, 0.2) is 0 Å². The van der Waals surface area contributed by atoms with Gasteiger partial charge in [-0.1, -0.05) is 12.1 Å². The van der Waals surface area contributed by atoms with Gasteiger partial charge in [0.1, 0.15) is 28.7 Å². The van der Waals surface area contributed by atoms with Gasteiger partial charge in [0, 0.05) is 47.2 Å². The molecule has 2 aromatic carbocycles. The minimum atomic E-state index is -1.16. The van der Waals surface area contributed by atoms with E-state index in [-0.39, 0.29) is 25.0 Å². The number of phenolic OH excluding ortho intramolecular Hbond substituents is 1. The number of carboxylic acids is 1. The van der Waals surface area contributed by atoms with Gasteiger partial charge in [0.25, 0.3) is 0 Å². The Labute approximate surface area is 206 Å². The molecule has 0 radical (unpaired) electrons. The fourth-order valence-corrected chi connectivity index (χ4v) is 5.01. The smallest absolute Gasteiger partial charge is 0.339 e. The third-order valence-corrected chi connectivity index (χ3v) is 6.97. The summed E-state index contributed by atoms with van der Waals surface area (Å²) in [7, 11) is 0. The topological polar surface area (TPSA) is 130 Å². The molecule has 36 heavy (non-hydrogen) atoms. The largest absolute Gasteiger partial charge is 0.508 e. The first-order valence-electron chi connectivity index (χ1n) is 12.1. The average Bonchev–Trinajstić information content (AvgIpc) is 3.21. The molecule has 1 aliphatic carbocycles. The van der Waals surface area contributed by atoms with Crippen LogP contribution in [0.2, 0.25) is 0 Å². The first kappa shape index (κ1) is 23.7. The quantitative estimate of drug-likeness (QED) is 0.332.